The van der Waals surface area contributed by atoms with Gasteiger partial charge in [-0.1, -0.05) is 19.1 Å². The Labute approximate surface area is 124 Å². The fraction of sp³-hybridized carbons (Fsp3) is 0.500. The van der Waals surface area contributed by atoms with Gasteiger partial charge in [0, 0.05) is 13.1 Å². The molecule has 21 heavy (non-hydrogen) atoms. The molecule has 1 heterocycles. The molecule has 6 nitrogen and oxygen atoms in total. The van der Waals surface area contributed by atoms with Gasteiger partial charge in [0.25, 0.3) is 0 Å². The molecule has 1 saturated heterocycles. The first kappa shape index (κ1) is 15.8. The van der Waals surface area contributed by atoms with Crippen LogP contribution in [0.3, 0.4) is 0 Å². The third-order valence-electron chi connectivity index (χ3n) is 3.92. The highest BCUT2D eigenvalue weighted by molar-refractivity contribution is 7.89. The van der Waals surface area contributed by atoms with E-state index in [0.717, 1.165) is 0 Å². The molecule has 0 spiro atoms. The summed E-state index contributed by atoms with van der Waals surface area (Å²) >= 11 is 0. The Morgan fingerprint density at radius 2 is 2.05 bits per heavy atom. The molecule has 0 amide bonds. The number of carbonyl (C=O) groups excluding carboxylic acids is 1. The average molecular weight is 312 g/mol. The number of methoxy groups -OCH3 is 1. The minimum Gasteiger partial charge on any atom is -0.469 e. The first-order chi connectivity index (χ1) is 9.78. The molecule has 116 valence electrons. The molecule has 2 N–H and O–H groups in total. The molecular weight excluding hydrogens is 292 g/mol. The van der Waals surface area contributed by atoms with E-state index in [2.05, 4.69) is 0 Å². The Balaban J connectivity index is 2.36. The first-order valence-corrected chi connectivity index (χ1v) is 8.16. The van der Waals surface area contributed by atoms with Gasteiger partial charge in [-0.25, -0.2) is 8.42 Å². The zero-order valence-corrected chi connectivity index (χ0v) is 13.2. The molecule has 1 aliphatic heterocycles. The number of anilines is 1. The number of nitrogens with two attached hydrogens (primary N) is 1. The van der Waals surface area contributed by atoms with Crippen molar-refractivity contribution < 1.29 is 17.9 Å². The molecule has 2 atom stereocenters. The predicted octanol–water partition coefficient (Wildman–Crippen LogP) is 1.01. The molecule has 1 fully saturated rings. The first-order valence-electron chi connectivity index (χ1n) is 6.72. The maximum Gasteiger partial charge on any atom is 0.310 e. The Kier molecular flexibility index (Phi) is 4.25. The van der Waals surface area contributed by atoms with Crippen LogP contribution in [0.4, 0.5) is 5.69 Å². The Bertz CT molecular complexity index is 637. The van der Waals surface area contributed by atoms with Gasteiger partial charge in [0.2, 0.25) is 10.0 Å². The van der Waals surface area contributed by atoms with Crippen LogP contribution in [0, 0.1) is 18.8 Å². The van der Waals surface area contributed by atoms with Crippen molar-refractivity contribution in [1.82, 2.24) is 4.31 Å². The molecule has 2 unspecified atom stereocenters. The van der Waals surface area contributed by atoms with Crippen LogP contribution >= 0.6 is 0 Å². The van der Waals surface area contributed by atoms with Gasteiger partial charge in [0.15, 0.2) is 0 Å². The van der Waals surface area contributed by atoms with Gasteiger partial charge in [-0.15, -0.1) is 0 Å². The smallest absolute Gasteiger partial charge is 0.310 e. The van der Waals surface area contributed by atoms with Crippen molar-refractivity contribution in [1.29, 1.82) is 0 Å². The summed E-state index contributed by atoms with van der Waals surface area (Å²) in [5.74, 6) is -0.898. The molecule has 1 aliphatic rings. The van der Waals surface area contributed by atoms with Gasteiger partial charge < -0.3 is 10.5 Å². The van der Waals surface area contributed by atoms with Gasteiger partial charge in [-0.05, 0) is 24.5 Å². The Hall–Kier alpha value is -1.60. The third kappa shape index (κ3) is 2.75. The van der Waals surface area contributed by atoms with Gasteiger partial charge in [0.05, 0.1) is 18.7 Å². The summed E-state index contributed by atoms with van der Waals surface area (Å²) in [5, 5.41) is 0. The van der Waals surface area contributed by atoms with E-state index in [1.54, 1.807) is 25.1 Å². The number of ether oxygens (including phenoxy) is 1. The van der Waals surface area contributed by atoms with Crippen LogP contribution in [0.25, 0.3) is 0 Å². The lowest BCUT2D eigenvalue weighted by Crippen LogP contribution is -2.31. The van der Waals surface area contributed by atoms with Gasteiger partial charge in [0.1, 0.15) is 4.90 Å². The summed E-state index contributed by atoms with van der Waals surface area (Å²) < 4.78 is 31.6. The zero-order valence-electron chi connectivity index (χ0n) is 12.4. The van der Waals surface area contributed by atoms with Gasteiger partial charge >= 0.3 is 5.97 Å². The average Bonchev–Trinajstić information content (AvgIpc) is 2.80. The van der Waals surface area contributed by atoms with Crippen molar-refractivity contribution in [3.63, 3.8) is 0 Å². The summed E-state index contributed by atoms with van der Waals surface area (Å²) in [6.07, 6.45) is 0. The molecule has 1 aromatic carbocycles. The summed E-state index contributed by atoms with van der Waals surface area (Å²) in [6.45, 7) is 3.97. The SMILES string of the molecule is COC(=O)C1CN(S(=O)(=O)c2c(C)cccc2N)CC1C. The Morgan fingerprint density at radius 3 is 2.62 bits per heavy atom. The van der Waals surface area contributed by atoms with E-state index in [1.807, 2.05) is 6.92 Å². The number of aryl methyl sites for hydroxylation is 1. The monoisotopic (exact) mass is 312 g/mol. The predicted molar refractivity (Wildman–Crippen MR) is 79.0 cm³/mol. The maximum atomic E-state index is 12.8. The van der Waals surface area contributed by atoms with E-state index in [4.69, 9.17) is 10.5 Å². The fourth-order valence-corrected chi connectivity index (χ4v) is 4.62. The number of hydrogen-bond acceptors (Lipinski definition) is 5. The van der Waals surface area contributed by atoms with E-state index in [-0.39, 0.29) is 35.6 Å². The molecule has 0 bridgehead atoms. The van der Waals surface area contributed by atoms with E-state index < -0.39 is 15.9 Å². The number of nitrogens with zero attached hydrogens (tertiary/aromatic N) is 1. The van der Waals surface area contributed by atoms with Crippen molar-refractivity contribution >= 4 is 21.7 Å². The number of nitrogen functional groups attached to an aromatic ring is 1. The third-order valence-corrected chi connectivity index (χ3v) is 5.97. The lowest BCUT2D eigenvalue weighted by molar-refractivity contribution is -0.145. The van der Waals surface area contributed by atoms with Crippen LogP contribution in [-0.4, -0.2) is 38.9 Å². The van der Waals surface area contributed by atoms with Crippen LogP contribution in [0.5, 0.6) is 0 Å². The Morgan fingerprint density at radius 1 is 1.38 bits per heavy atom. The van der Waals surface area contributed by atoms with Crippen LogP contribution in [0.15, 0.2) is 23.1 Å². The van der Waals surface area contributed by atoms with Gasteiger partial charge in [-0.3, -0.25) is 4.79 Å². The maximum absolute atomic E-state index is 12.8. The molecular formula is C14H20N2O4S. The summed E-state index contributed by atoms with van der Waals surface area (Å²) in [7, 11) is -2.40. The van der Waals surface area contributed by atoms with E-state index >= 15 is 0 Å². The van der Waals surface area contributed by atoms with Crippen molar-refractivity contribution in [3.8, 4) is 0 Å². The lowest BCUT2D eigenvalue weighted by atomic mass is 9.99. The standard InChI is InChI=1S/C14H20N2O4S/c1-9-5-4-6-12(15)13(9)21(18,19)16-7-10(2)11(8-16)14(17)20-3/h4-6,10-11H,7-8,15H2,1-3H3. The number of esters is 1. The molecule has 0 saturated carbocycles. The minimum atomic E-state index is -3.71. The van der Waals surface area contributed by atoms with Crippen LogP contribution in [0.1, 0.15) is 12.5 Å². The second-order valence-corrected chi connectivity index (χ2v) is 7.30. The molecule has 7 heteroatoms. The number of sulfonamides is 1. The summed E-state index contributed by atoms with van der Waals surface area (Å²) in [6, 6.07) is 4.99. The number of hydrogen-bond donors (Lipinski definition) is 1. The van der Waals surface area contributed by atoms with Crippen LogP contribution in [0.2, 0.25) is 0 Å². The second kappa shape index (κ2) is 5.65. The molecule has 0 radical (unpaired) electrons. The van der Waals surface area contributed by atoms with Crippen molar-refractivity contribution in [2.75, 3.05) is 25.9 Å². The van der Waals surface area contributed by atoms with Crippen molar-refractivity contribution in [2.45, 2.75) is 18.7 Å². The number of benzene rings is 1. The normalized spacial score (nSPS) is 23.2. The zero-order chi connectivity index (χ0) is 15.8. The van der Waals surface area contributed by atoms with Crippen molar-refractivity contribution in [3.05, 3.63) is 23.8 Å². The number of rotatable bonds is 3. The largest absolute Gasteiger partial charge is 0.469 e. The highest BCUT2D eigenvalue weighted by Gasteiger charge is 2.42. The fourth-order valence-electron chi connectivity index (χ4n) is 2.73. The second-order valence-electron chi connectivity index (χ2n) is 5.42. The van der Waals surface area contributed by atoms with Crippen molar-refractivity contribution in [2.24, 2.45) is 11.8 Å². The van der Waals surface area contributed by atoms with E-state index in [0.29, 0.717) is 5.56 Å². The van der Waals surface area contributed by atoms with E-state index in [1.165, 1.54) is 11.4 Å². The molecule has 1 aromatic rings. The van der Waals surface area contributed by atoms with Crippen LogP contribution in [-0.2, 0) is 19.6 Å². The van der Waals surface area contributed by atoms with Gasteiger partial charge in [-0.2, -0.15) is 4.31 Å². The summed E-state index contributed by atoms with van der Waals surface area (Å²) in [4.78, 5) is 11.8. The molecule has 0 aliphatic carbocycles. The topological polar surface area (TPSA) is 89.7 Å². The lowest BCUT2D eigenvalue weighted by Gasteiger charge is -2.19. The molecule has 0 aromatic heterocycles. The summed E-state index contributed by atoms with van der Waals surface area (Å²) in [5.41, 5.74) is 6.66. The molecule has 2 rings (SSSR count). The van der Waals surface area contributed by atoms with Crippen LogP contribution < -0.4 is 5.73 Å². The highest BCUT2D eigenvalue weighted by Crippen LogP contribution is 2.32. The highest BCUT2D eigenvalue weighted by atomic mass is 32.2. The minimum absolute atomic E-state index is 0.0857. The quantitative estimate of drug-likeness (QED) is 0.664. The van der Waals surface area contributed by atoms with E-state index in [9.17, 15) is 13.2 Å². The number of carbonyl (C=O) groups is 1.